The Morgan fingerprint density at radius 3 is 2.43 bits per heavy atom. The maximum absolute atomic E-state index is 12.2. The van der Waals surface area contributed by atoms with Gasteiger partial charge in [-0.2, -0.15) is 0 Å². The standard InChI is InChI=1S/C19H21NO3/c1-13-8-9-14(2)16(10-13)12-18(21)20-17(19(22)23)11-15-6-4-3-5-7-15/h3-10,17H,11-12H2,1-2H3,(H,20,21)(H,22,23)/t17-/m1/s1. The van der Waals surface area contributed by atoms with Crippen LogP contribution in [0.25, 0.3) is 0 Å². The number of aryl methyl sites for hydroxylation is 2. The van der Waals surface area contributed by atoms with E-state index < -0.39 is 12.0 Å². The topological polar surface area (TPSA) is 66.4 Å². The Labute approximate surface area is 136 Å². The number of rotatable bonds is 6. The highest BCUT2D eigenvalue weighted by molar-refractivity contribution is 5.85. The van der Waals surface area contributed by atoms with E-state index in [-0.39, 0.29) is 18.7 Å². The molecule has 0 radical (unpaired) electrons. The monoisotopic (exact) mass is 311 g/mol. The summed E-state index contributed by atoms with van der Waals surface area (Å²) < 4.78 is 0. The Morgan fingerprint density at radius 2 is 1.78 bits per heavy atom. The minimum absolute atomic E-state index is 0.187. The van der Waals surface area contributed by atoms with Crippen LogP contribution in [0.15, 0.2) is 48.5 Å². The zero-order valence-corrected chi connectivity index (χ0v) is 13.4. The maximum atomic E-state index is 12.2. The molecule has 0 aliphatic carbocycles. The van der Waals surface area contributed by atoms with Gasteiger partial charge in [-0.05, 0) is 30.5 Å². The van der Waals surface area contributed by atoms with Crippen LogP contribution in [-0.4, -0.2) is 23.0 Å². The van der Waals surface area contributed by atoms with E-state index in [0.717, 1.165) is 22.3 Å². The molecule has 0 saturated heterocycles. The summed E-state index contributed by atoms with van der Waals surface area (Å²) in [5.74, 6) is -1.30. The van der Waals surface area contributed by atoms with Crippen LogP contribution in [-0.2, 0) is 22.4 Å². The molecule has 2 rings (SSSR count). The Bertz CT molecular complexity index is 695. The molecule has 0 heterocycles. The summed E-state index contributed by atoms with van der Waals surface area (Å²) in [4.78, 5) is 23.6. The highest BCUT2D eigenvalue weighted by atomic mass is 16.4. The number of hydrogen-bond acceptors (Lipinski definition) is 2. The number of carboxylic acids is 1. The van der Waals surface area contributed by atoms with Crippen LogP contribution in [0.2, 0.25) is 0 Å². The quantitative estimate of drug-likeness (QED) is 0.862. The highest BCUT2D eigenvalue weighted by Crippen LogP contribution is 2.12. The number of amides is 1. The zero-order chi connectivity index (χ0) is 16.8. The van der Waals surface area contributed by atoms with Gasteiger partial charge in [-0.1, -0.05) is 54.1 Å². The molecule has 2 aromatic rings. The SMILES string of the molecule is Cc1ccc(C)c(CC(=O)N[C@H](Cc2ccccc2)C(=O)O)c1. The number of carbonyl (C=O) groups excluding carboxylic acids is 1. The van der Waals surface area contributed by atoms with Crippen molar-refractivity contribution in [1.29, 1.82) is 0 Å². The van der Waals surface area contributed by atoms with Gasteiger partial charge in [0.25, 0.3) is 0 Å². The van der Waals surface area contributed by atoms with Gasteiger partial charge in [0.1, 0.15) is 6.04 Å². The van der Waals surface area contributed by atoms with Gasteiger partial charge < -0.3 is 10.4 Å². The Kier molecular flexibility index (Phi) is 5.52. The van der Waals surface area contributed by atoms with Crippen molar-refractivity contribution in [2.24, 2.45) is 0 Å². The molecular weight excluding hydrogens is 290 g/mol. The first-order valence-corrected chi connectivity index (χ1v) is 7.58. The molecule has 0 bridgehead atoms. The van der Waals surface area contributed by atoms with E-state index in [2.05, 4.69) is 5.32 Å². The van der Waals surface area contributed by atoms with Crippen molar-refractivity contribution >= 4 is 11.9 Å². The second kappa shape index (κ2) is 7.58. The maximum Gasteiger partial charge on any atom is 0.326 e. The van der Waals surface area contributed by atoms with E-state index in [0.29, 0.717) is 0 Å². The van der Waals surface area contributed by atoms with Crippen molar-refractivity contribution in [3.63, 3.8) is 0 Å². The second-order valence-electron chi connectivity index (χ2n) is 5.75. The molecule has 0 aromatic heterocycles. The lowest BCUT2D eigenvalue weighted by Crippen LogP contribution is -2.43. The minimum Gasteiger partial charge on any atom is -0.480 e. The van der Waals surface area contributed by atoms with Crippen molar-refractivity contribution in [2.45, 2.75) is 32.7 Å². The summed E-state index contributed by atoms with van der Waals surface area (Å²) in [7, 11) is 0. The number of carboxylic acid groups (broad SMARTS) is 1. The fourth-order valence-corrected chi connectivity index (χ4v) is 2.46. The number of benzene rings is 2. The first-order valence-electron chi connectivity index (χ1n) is 7.58. The summed E-state index contributed by atoms with van der Waals surface area (Å²) in [6.45, 7) is 3.91. The van der Waals surface area contributed by atoms with Crippen molar-refractivity contribution in [3.8, 4) is 0 Å². The summed E-state index contributed by atoms with van der Waals surface area (Å²) in [5, 5.41) is 12.0. The van der Waals surface area contributed by atoms with E-state index in [1.165, 1.54) is 0 Å². The lowest BCUT2D eigenvalue weighted by molar-refractivity contribution is -0.141. The van der Waals surface area contributed by atoms with Crippen LogP contribution in [0.1, 0.15) is 22.3 Å². The summed E-state index contributed by atoms with van der Waals surface area (Å²) in [5.41, 5.74) is 3.91. The number of hydrogen-bond donors (Lipinski definition) is 2. The Morgan fingerprint density at radius 1 is 1.09 bits per heavy atom. The third-order valence-electron chi connectivity index (χ3n) is 3.77. The average Bonchev–Trinajstić information content (AvgIpc) is 2.51. The fourth-order valence-electron chi connectivity index (χ4n) is 2.46. The van der Waals surface area contributed by atoms with Gasteiger partial charge in [0.05, 0.1) is 6.42 Å². The Balaban J connectivity index is 2.03. The van der Waals surface area contributed by atoms with Crippen LogP contribution in [0, 0.1) is 13.8 Å². The molecule has 2 aromatic carbocycles. The van der Waals surface area contributed by atoms with Crippen LogP contribution >= 0.6 is 0 Å². The summed E-state index contributed by atoms with van der Waals surface area (Å²) in [6, 6.07) is 14.3. The van der Waals surface area contributed by atoms with Crippen LogP contribution in [0.3, 0.4) is 0 Å². The van der Waals surface area contributed by atoms with Crippen molar-refractivity contribution in [1.82, 2.24) is 5.32 Å². The largest absolute Gasteiger partial charge is 0.480 e. The lowest BCUT2D eigenvalue weighted by Gasteiger charge is -2.15. The van der Waals surface area contributed by atoms with Gasteiger partial charge in [-0.25, -0.2) is 4.79 Å². The van der Waals surface area contributed by atoms with Gasteiger partial charge in [0.15, 0.2) is 0 Å². The molecule has 0 spiro atoms. The smallest absolute Gasteiger partial charge is 0.326 e. The van der Waals surface area contributed by atoms with Crippen LogP contribution in [0.5, 0.6) is 0 Å². The van der Waals surface area contributed by atoms with E-state index in [1.54, 1.807) is 0 Å². The molecule has 0 aliphatic rings. The van der Waals surface area contributed by atoms with E-state index in [1.807, 2.05) is 62.4 Å². The third-order valence-corrected chi connectivity index (χ3v) is 3.77. The molecule has 120 valence electrons. The first-order chi connectivity index (χ1) is 11.0. The third kappa shape index (κ3) is 4.95. The molecule has 23 heavy (non-hydrogen) atoms. The normalized spacial score (nSPS) is 11.7. The van der Waals surface area contributed by atoms with Gasteiger partial charge in [-0.15, -0.1) is 0 Å². The highest BCUT2D eigenvalue weighted by Gasteiger charge is 2.20. The Hall–Kier alpha value is -2.62. The fraction of sp³-hybridized carbons (Fsp3) is 0.263. The molecule has 4 nitrogen and oxygen atoms in total. The minimum atomic E-state index is -1.02. The molecule has 2 N–H and O–H groups in total. The number of carbonyl (C=O) groups is 2. The van der Waals surface area contributed by atoms with Crippen molar-refractivity contribution in [2.75, 3.05) is 0 Å². The first kappa shape index (κ1) is 16.7. The van der Waals surface area contributed by atoms with Crippen molar-refractivity contribution in [3.05, 3.63) is 70.8 Å². The number of aliphatic carboxylic acids is 1. The summed E-state index contributed by atoms with van der Waals surface area (Å²) >= 11 is 0. The van der Waals surface area contributed by atoms with Gasteiger partial charge in [-0.3, -0.25) is 4.79 Å². The molecule has 1 atom stereocenters. The van der Waals surface area contributed by atoms with Crippen molar-refractivity contribution < 1.29 is 14.7 Å². The predicted molar refractivity (Wildman–Crippen MR) is 89.3 cm³/mol. The van der Waals surface area contributed by atoms with Gasteiger partial charge >= 0.3 is 5.97 Å². The van der Waals surface area contributed by atoms with Gasteiger partial charge in [0, 0.05) is 6.42 Å². The lowest BCUT2D eigenvalue weighted by atomic mass is 10.0. The molecular formula is C19H21NO3. The molecule has 0 fully saturated rings. The molecule has 4 heteroatoms. The molecule has 0 aliphatic heterocycles. The molecule has 0 unspecified atom stereocenters. The van der Waals surface area contributed by atoms with E-state index >= 15 is 0 Å². The van der Waals surface area contributed by atoms with E-state index in [4.69, 9.17) is 0 Å². The van der Waals surface area contributed by atoms with Crippen LogP contribution < -0.4 is 5.32 Å². The molecule has 1 amide bonds. The second-order valence-corrected chi connectivity index (χ2v) is 5.75. The van der Waals surface area contributed by atoms with Crippen LogP contribution in [0.4, 0.5) is 0 Å². The predicted octanol–water partition coefficient (Wildman–Crippen LogP) is 2.66. The number of nitrogens with one attached hydrogen (secondary N) is 1. The summed E-state index contributed by atoms with van der Waals surface area (Å²) in [6.07, 6.45) is 0.459. The van der Waals surface area contributed by atoms with Gasteiger partial charge in [0.2, 0.25) is 5.91 Å². The van der Waals surface area contributed by atoms with E-state index in [9.17, 15) is 14.7 Å². The zero-order valence-electron chi connectivity index (χ0n) is 13.4. The average molecular weight is 311 g/mol. The molecule has 0 saturated carbocycles.